The number of nitrogens with one attached hydrogen (secondary N) is 2. The number of nitrogens with zero attached hydrogens (tertiary/aromatic N) is 2. The maximum atomic E-state index is 11.4. The van der Waals surface area contributed by atoms with Crippen LogP contribution in [0.25, 0.3) is 0 Å². The lowest BCUT2D eigenvalue weighted by Gasteiger charge is -2.31. The van der Waals surface area contributed by atoms with Gasteiger partial charge in [0.2, 0.25) is 11.9 Å². The molecule has 0 spiro atoms. The molecular formula is C14H21N5O. The molecule has 1 amide bonds. The molecule has 6 heteroatoms. The van der Waals surface area contributed by atoms with Crippen LogP contribution in [0.1, 0.15) is 43.9 Å². The molecule has 2 atom stereocenters. The second-order valence-corrected chi connectivity index (χ2v) is 5.71. The van der Waals surface area contributed by atoms with Crippen LogP contribution in [0.4, 0.5) is 11.8 Å². The van der Waals surface area contributed by atoms with E-state index >= 15 is 0 Å². The summed E-state index contributed by atoms with van der Waals surface area (Å²) in [6, 6.07) is 0.305. The van der Waals surface area contributed by atoms with Crippen molar-refractivity contribution < 1.29 is 4.79 Å². The van der Waals surface area contributed by atoms with E-state index in [4.69, 9.17) is 5.73 Å². The number of nitrogens with two attached hydrogens (primary N) is 1. The van der Waals surface area contributed by atoms with Crippen molar-refractivity contribution in [2.45, 2.75) is 57.5 Å². The van der Waals surface area contributed by atoms with Gasteiger partial charge in [-0.05, 0) is 39.0 Å². The largest absolute Gasteiger partial charge is 0.368 e. The first kappa shape index (κ1) is 13.1. The number of amides is 1. The first-order chi connectivity index (χ1) is 9.63. The maximum Gasteiger partial charge on any atom is 0.222 e. The van der Waals surface area contributed by atoms with Crippen LogP contribution in [-0.4, -0.2) is 28.0 Å². The van der Waals surface area contributed by atoms with E-state index in [1.807, 2.05) is 6.92 Å². The summed E-state index contributed by atoms with van der Waals surface area (Å²) in [6.45, 7) is 2.02. The number of hydrogen-bond donors (Lipinski definition) is 3. The summed E-state index contributed by atoms with van der Waals surface area (Å²) in [5.41, 5.74) is 8.10. The Morgan fingerprint density at radius 1 is 1.25 bits per heavy atom. The summed E-state index contributed by atoms with van der Waals surface area (Å²) in [5, 5.41) is 6.44. The summed E-state index contributed by atoms with van der Waals surface area (Å²) in [7, 11) is 0. The summed E-state index contributed by atoms with van der Waals surface area (Å²) < 4.78 is 0. The number of fused-ring (bicyclic) bond motifs is 1. The van der Waals surface area contributed by atoms with Gasteiger partial charge < -0.3 is 16.4 Å². The van der Waals surface area contributed by atoms with Crippen molar-refractivity contribution in [1.29, 1.82) is 0 Å². The van der Waals surface area contributed by atoms with Crippen LogP contribution in [0, 0.1) is 0 Å². The third-order valence-corrected chi connectivity index (χ3v) is 4.20. The quantitative estimate of drug-likeness (QED) is 0.749. The zero-order valence-corrected chi connectivity index (χ0v) is 11.8. The molecule has 4 N–H and O–H groups in total. The number of carbonyl (C=O) groups excluding carboxylic acids is 1. The Balaban J connectivity index is 1.83. The molecule has 1 fully saturated rings. The van der Waals surface area contributed by atoms with Crippen molar-refractivity contribution in [3.63, 3.8) is 0 Å². The van der Waals surface area contributed by atoms with E-state index in [1.54, 1.807) is 0 Å². The van der Waals surface area contributed by atoms with Crippen molar-refractivity contribution in [2.24, 2.45) is 0 Å². The molecule has 20 heavy (non-hydrogen) atoms. The van der Waals surface area contributed by atoms with E-state index < -0.39 is 0 Å². The summed E-state index contributed by atoms with van der Waals surface area (Å²) in [5.74, 6) is 1.32. The third kappa shape index (κ3) is 2.55. The van der Waals surface area contributed by atoms with E-state index in [0.29, 0.717) is 12.4 Å². The average Bonchev–Trinajstić information content (AvgIpc) is 2.41. The molecule has 1 aromatic heterocycles. The average molecular weight is 275 g/mol. The zero-order valence-electron chi connectivity index (χ0n) is 11.8. The van der Waals surface area contributed by atoms with Crippen molar-refractivity contribution >= 4 is 17.7 Å². The normalized spacial score (nSPS) is 25.8. The molecule has 0 saturated carbocycles. The van der Waals surface area contributed by atoms with E-state index in [-0.39, 0.29) is 18.0 Å². The zero-order chi connectivity index (χ0) is 14.1. The van der Waals surface area contributed by atoms with Gasteiger partial charge in [-0.1, -0.05) is 0 Å². The van der Waals surface area contributed by atoms with E-state index in [0.717, 1.165) is 30.8 Å². The topological polar surface area (TPSA) is 92.9 Å². The molecule has 0 aromatic carbocycles. The van der Waals surface area contributed by atoms with E-state index in [2.05, 4.69) is 20.6 Å². The van der Waals surface area contributed by atoms with Gasteiger partial charge >= 0.3 is 0 Å². The minimum absolute atomic E-state index is 0.103. The molecule has 2 aliphatic rings. The van der Waals surface area contributed by atoms with Crippen molar-refractivity contribution in [3.05, 3.63) is 11.3 Å². The SMILES string of the molecule is CC1NC(=O)CCC1Nc1nc(N)nc2c1CCCC2. The molecule has 1 saturated heterocycles. The number of nitrogen functional groups attached to an aromatic ring is 1. The summed E-state index contributed by atoms with van der Waals surface area (Å²) >= 11 is 0. The van der Waals surface area contributed by atoms with Crippen LogP contribution in [0.15, 0.2) is 0 Å². The van der Waals surface area contributed by atoms with Crippen LogP contribution < -0.4 is 16.4 Å². The molecule has 2 unspecified atom stereocenters. The Labute approximate surface area is 118 Å². The predicted molar refractivity (Wildman–Crippen MR) is 77.3 cm³/mol. The molecule has 108 valence electrons. The first-order valence-corrected chi connectivity index (χ1v) is 7.34. The fourth-order valence-corrected chi connectivity index (χ4v) is 3.07. The van der Waals surface area contributed by atoms with Gasteiger partial charge in [0.05, 0.1) is 5.69 Å². The number of carbonyl (C=O) groups is 1. The van der Waals surface area contributed by atoms with Crippen LogP contribution in [0.2, 0.25) is 0 Å². The fourth-order valence-electron chi connectivity index (χ4n) is 3.07. The standard InChI is InChI=1S/C14H21N5O/c1-8-10(6-7-12(20)16-8)17-13-9-4-2-3-5-11(9)18-14(15)19-13/h8,10H,2-7H2,1H3,(H,16,20)(H3,15,17,18,19). The predicted octanol–water partition coefficient (Wildman–Crippen LogP) is 1.02. The highest BCUT2D eigenvalue weighted by atomic mass is 16.1. The number of aryl methyl sites for hydroxylation is 1. The van der Waals surface area contributed by atoms with Crippen molar-refractivity contribution in [3.8, 4) is 0 Å². The number of piperidine rings is 1. The minimum Gasteiger partial charge on any atom is -0.368 e. The van der Waals surface area contributed by atoms with Crippen LogP contribution in [0.3, 0.4) is 0 Å². The number of hydrogen-bond acceptors (Lipinski definition) is 5. The monoisotopic (exact) mass is 275 g/mol. The molecule has 2 heterocycles. The summed E-state index contributed by atoms with van der Waals surface area (Å²) in [4.78, 5) is 20.1. The smallest absolute Gasteiger partial charge is 0.222 e. The second kappa shape index (κ2) is 5.26. The molecule has 1 aromatic rings. The van der Waals surface area contributed by atoms with E-state index in [9.17, 15) is 4.79 Å². The number of aromatic nitrogens is 2. The Morgan fingerprint density at radius 3 is 2.85 bits per heavy atom. The molecule has 6 nitrogen and oxygen atoms in total. The lowest BCUT2D eigenvalue weighted by atomic mass is 9.95. The Bertz CT molecular complexity index is 531. The highest BCUT2D eigenvalue weighted by molar-refractivity contribution is 5.77. The van der Waals surface area contributed by atoms with Gasteiger partial charge in [0.1, 0.15) is 5.82 Å². The van der Waals surface area contributed by atoms with Gasteiger partial charge in [0, 0.05) is 24.1 Å². The van der Waals surface area contributed by atoms with Gasteiger partial charge in [-0.25, -0.2) is 4.98 Å². The maximum absolute atomic E-state index is 11.4. The third-order valence-electron chi connectivity index (χ3n) is 4.20. The van der Waals surface area contributed by atoms with Gasteiger partial charge in [-0.2, -0.15) is 4.98 Å². The molecule has 0 radical (unpaired) electrons. The Morgan fingerprint density at radius 2 is 2.05 bits per heavy atom. The van der Waals surface area contributed by atoms with Crippen LogP contribution in [-0.2, 0) is 17.6 Å². The lowest BCUT2D eigenvalue weighted by molar-refractivity contribution is -0.123. The Hall–Kier alpha value is -1.85. The highest BCUT2D eigenvalue weighted by Gasteiger charge is 2.27. The fraction of sp³-hybridized carbons (Fsp3) is 0.643. The van der Waals surface area contributed by atoms with Crippen molar-refractivity contribution in [1.82, 2.24) is 15.3 Å². The highest BCUT2D eigenvalue weighted by Crippen LogP contribution is 2.27. The molecular weight excluding hydrogens is 254 g/mol. The van der Waals surface area contributed by atoms with Crippen molar-refractivity contribution in [2.75, 3.05) is 11.1 Å². The molecule has 0 bridgehead atoms. The van der Waals surface area contributed by atoms with Gasteiger partial charge in [-0.15, -0.1) is 0 Å². The van der Waals surface area contributed by atoms with E-state index in [1.165, 1.54) is 18.4 Å². The minimum atomic E-state index is 0.103. The summed E-state index contributed by atoms with van der Waals surface area (Å²) in [6.07, 6.45) is 5.71. The molecule has 1 aliphatic heterocycles. The Kier molecular flexibility index (Phi) is 3.46. The second-order valence-electron chi connectivity index (χ2n) is 5.71. The molecule has 3 rings (SSSR count). The number of anilines is 2. The van der Waals surface area contributed by atoms with Gasteiger partial charge in [0.15, 0.2) is 0 Å². The lowest BCUT2D eigenvalue weighted by Crippen LogP contribution is -2.49. The van der Waals surface area contributed by atoms with Gasteiger partial charge in [-0.3, -0.25) is 4.79 Å². The molecule has 1 aliphatic carbocycles. The van der Waals surface area contributed by atoms with Crippen LogP contribution >= 0.6 is 0 Å². The first-order valence-electron chi connectivity index (χ1n) is 7.34. The van der Waals surface area contributed by atoms with Gasteiger partial charge in [0.25, 0.3) is 0 Å². The van der Waals surface area contributed by atoms with Crippen LogP contribution in [0.5, 0.6) is 0 Å². The number of rotatable bonds is 2.